The fraction of sp³-hybridized carbons (Fsp3) is 0.156. The lowest BCUT2D eigenvalue weighted by Gasteiger charge is -2.27. The molecule has 0 saturated carbocycles. The minimum Gasteiger partial charge on any atom is -0.480 e. The van der Waals surface area contributed by atoms with Crippen molar-refractivity contribution in [2.24, 2.45) is 5.92 Å². The summed E-state index contributed by atoms with van der Waals surface area (Å²) in [7, 11) is 0. The van der Waals surface area contributed by atoms with Crippen LogP contribution in [0.1, 0.15) is 40.1 Å². The van der Waals surface area contributed by atoms with E-state index in [0.717, 1.165) is 16.7 Å². The normalized spacial score (nSPS) is 13.2. The van der Waals surface area contributed by atoms with Gasteiger partial charge < -0.3 is 20.1 Å². The van der Waals surface area contributed by atoms with E-state index in [-0.39, 0.29) is 24.3 Å². The topological polar surface area (TPSA) is 95.9 Å². The van der Waals surface area contributed by atoms with Crippen molar-refractivity contribution in [3.63, 3.8) is 0 Å². The molecule has 0 radical (unpaired) electrons. The summed E-state index contributed by atoms with van der Waals surface area (Å²) in [5.74, 6) is -0.681. The fourth-order valence-corrected chi connectivity index (χ4v) is 4.81. The van der Waals surface area contributed by atoms with Gasteiger partial charge >= 0.3 is 5.97 Å². The number of ether oxygens (including phenoxy) is 1. The molecule has 1 unspecified atom stereocenters. The Bertz CT molecular complexity index is 1530. The zero-order valence-electron chi connectivity index (χ0n) is 21.6. The maximum atomic E-state index is 13.1. The first-order chi connectivity index (χ1) is 18.8. The van der Waals surface area contributed by atoms with Crippen molar-refractivity contribution in [3.8, 4) is 22.6 Å². The minimum atomic E-state index is -1.00. The van der Waals surface area contributed by atoms with Gasteiger partial charge in [0.2, 0.25) is 0 Å². The summed E-state index contributed by atoms with van der Waals surface area (Å²) in [4.78, 5) is 39.4. The zero-order valence-corrected chi connectivity index (χ0v) is 21.6. The van der Waals surface area contributed by atoms with E-state index >= 15 is 0 Å². The molecule has 4 aromatic carbocycles. The van der Waals surface area contributed by atoms with Crippen LogP contribution >= 0.6 is 0 Å². The third-order valence-electron chi connectivity index (χ3n) is 6.74. The third kappa shape index (κ3) is 5.38. The van der Waals surface area contributed by atoms with E-state index in [0.29, 0.717) is 28.3 Å². The molecule has 39 heavy (non-hydrogen) atoms. The van der Waals surface area contributed by atoms with Crippen LogP contribution in [-0.2, 0) is 11.3 Å². The molecule has 1 aliphatic heterocycles. The molecule has 2 amide bonds. The maximum Gasteiger partial charge on any atom is 0.326 e. The molecule has 196 valence electrons. The number of para-hydroxylation sites is 2. The molecule has 1 atom stereocenters. The van der Waals surface area contributed by atoms with Gasteiger partial charge in [-0.2, -0.15) is 0 Å². The number of nitrogens with zero attached hydrogens (tertiary/aromatic N) is 1. The van der Waals surface area contributed by atoms with Gasteiger partial charge in [-0.15, -0.1) is 0 Å². The molecule has 7 heteroatoms. The first-order valence-corrected chi connectivity index (χ1v) is 12.7. The first kappa shape index (κ1) is 25.7. The standard InChI is InChI=1S/C32H28N2O5/c1-20(2)29(32(37)38)34-19-23-13-12-22(18-27(23)31(34)36)21-14-16-24(17-15-21)33-30(35)26-10-6-7-11-28(26)39-25-8-4-3-5-9-25/h3-18,20,29H,19H2,1-2H3,(H,33,35)(H,37,38). The van der Waals surface area contributed by atoms with Crippen LogP contribution in [0.2, 0.25) is 0 Å². The monoisotopic (exact) mass is 520 g/mol. The molecular formula is C32H28N2O5. The van der Waals surface area contributed by atoms with Gasteiger partial charge in [0, 0.05) is 17.8 Å². The van der Waals surface area contributed by atoms with E-state index in [1.54, 1.807) is 44.2 Å². The number of hydrogen-bond donors (Lipinski definition) is 2. The number of fused-ring (bicyclic) bond motifs is 1. The molecule has 0 aliphatic carbocycles. The lowest BCUT2D eigenvalue weighted by atomic mass is 10.00. The first-order valence-electron chi connectivity index (χ1n) is 12.7. The maximum absolute atomic E-state index is 13.1. The summed E-state index contributed by atoms with van der Waals surface area (Å²) >= 11 is 0. The largest absolute Gasteiger partial charge is 0.480 e. The Kier molecular flexibility index (Phi) is 7.14. The number of aliphatic carboxylic acids is 1. The van der Waals surface area contributed by atoms with Gasteiger partial charge in [-0.05, 0) is 65.1 Å². The number of benzene rings is 4. The lowest BCUT2D eigenvalue weighted by molar-refractivity contribution is -0.144. The number of rotatable bonds is 8. The summed E-state index contributed by atoms with van der Waals surface area (Å²) in [6.45, 7) is 3.88. The molecule has 0 aromatic heterocycles. The van der Waals surface area contributed by atoms with Crippen molar-refractivity contribution < 1.29 is 24.2 Å². The molecule has 0 saturated heterocycles. The van der Waals surface area contributed by atoms with Gasteiger partial charge in [-0.1, -0.05) is 68.4 Å². The summed E-state index contributed by atoms with van der Waals surface area (Å²) in [5.41, 5.74) is 4.06. The predicted octanol–water partition coefficient (Wildman–Crippen LogP) is 6.46. The number of carbonyl (C=O) groups excluding carboxylic acids is 2. The molecule has 5 rings (SSSR count). The Morgan fingerprint density at radius 3 is 2.23 bits per heavy atom. The van der Waals surface area contributed by atoms with Crippen LogP contribution in [0.5, 0.6) is 11.5 Å². The van der Waals surface area contributed by atoms with Crippen molar-refractivity contribution in [1.29, 1.82) is 0 Å². The third-order valence-corrected chi connectivity index (χ3v) is 6.74. The highest BCUT2D eigenvalue weighted by atomic mass is 16.5. The quantitative estimate of drug-likeness (QED) is 0.278. The van der Waals surface area contributed by atoms with Crippen LogP contribution in [0, 0.1) is 5.92 Å². The Morgan fingerprint density at radius 1 is 0.872 bits per heavy atom. The highest BCUT2D eigenvalue weighted by molar-refractivity contribution is 6.06. The molecule has 1 aliphatic rings. The molecule has 2 N–H and O–H groups in total. The Hall–Kier alpha value is -4.91. The molecular weight excluding hydrogens is 492 g/mol. The second kappa shape index (κ2) is 10.8. The van der Waals surface area contributed by atoms with Crippen molar-refractivity contribution in [2.75, 3.05) is 5.32 Å². The van der Waals surface area contributed by atoms with Gasteiger partial charge in [-0.3, -0.25) is 9.59 Å². The SMILES string of the molecule is CC(C)C(C(=O)O)N1Cc2ccc(-c3ccc(NC(=O)c4ccccc4Oc4ccccc4)cc3)cc2C1=O. The van der Waals surface area contributed by atoms with Gasteiger partial charge in [0.05, 0.1) is 5.56 Å². The van der Waals surface area contributed by atoms with Crippen molar-refractivity contribution in [3.05, 3.63) is 114 Å². The summed E-state index contributed by atoms with van der Waals surface area (Å²) in [6, 6.07) is 28.4. The zero-order chi connectivity index (χ0) is 27.5. The lowest BCUT2D eigenvalue weighted by Crippen LogP contribution is -2.44. The van der Waals surface area contributed by atoms with E-state index in [2.05, 4.69) is 5.32 Å². The van der Waals surface area contributed by atoms with Gasteiger partial charge in [0.25, 0.3) is 11.8 Å². The van der Waals surface area contributed by atoms with Crippen LogP contribution in [0.4, 0.5) is 5.69 Å². The van der Waals surface area contributed by atoms with Crippen molar-refractivity contribution >= 4 is 23.5 Å². The van der Waals surface area contributed by atoms with E-state index < -0.39 is 12.0 Å². The number of carboxylic acids is 1. The number of anilines is 1. The van der Waals surface area contributed by atoms with Crippen LogP contribution in [0.3, 0.4) is 0 Å². The number of carbonyl (C=O) groups is 3. The Morgan fingerprint density at radius 2 is 1.54 bits per heavy atom. The number of carboxylic acid groups (broad SMARTS) is 1. The molecule has 0 spiro atoms. The summed E-state index contributed by atoms with van der Waals surface area (Å²) in [6.07, 6.45) is 0. The highest BCUT2D eigenvalue weighted by Gasteiger charge is 2.38. The summed E-state index contributed by atoms with van der Waals surface area (Å²) in [5, 5.41) is 12.6. The molecule has 0 bridgehead atoms. The van der Waals surface area contributed by atoms with E-state index in [9.17, 15) is 19.5 Å². The van der Waals surface area contributed by atoms with Gasteiger partial charge in [0.15, 0.2) is 0 Å². The van der Waals surface area contributed by atoms with Crippen LogP contribution in [0.25, 0.3) is 11.1 Å². The Labute approximate surface area is 226 Å². The van der Waals surface area contributed by atoms with Crippen molar-refractivity contribution in [2.45, 2.75) is 26.4 Å². The van der Waals surface area contributed by atoms with Crippen LogP contribution < -0.4 is 10.1 Å². The molecule has 4 aromatic rings. The van der Waals surface area contributed by atoms with Crippen molar-refractivity contribution in [1.82, 2.24) is 4.90 Å². The smallest absolute Gasteiger partial charge is 0.326 e. The molecule has 7 nitrogen and oxygen atoms in total. The average molecular weight is 521 g/mol. The number of amides is 2. The van der Waals surface area contributed by atoms with E-state index in [4.69, 9.17) is 4.74 Å². The minimum absolute atomic E-state index is 0.208. The van der Waals surface area contributed by atoms with E-state index in [1.807, 2.05) is 66.7 Å². The van der Waals surface area contributed by atoms with E-state index in [1.165, 1.54) is 4.90 Å². The molecule has 0 fully saturated rings. The fourth-order valence-electron chi connectivity index (χ4n) is 4.81. The Balaban J connectivity index is 1.31. The number of hydrogen-bond acceptors (Lipinski definition) is 4. The average Bonchev–Trinajstić information content (AvgIpc) is 3.24. The van der Waals surface area contributed by atoms with Gasteiger partial charge in [0.1, 0.15) is 17.5 Å². The number of nitrogens with one attached hydrogen (secondary N) is 1. The highest BCUT2D eigenvalue weighted by Crippen LogP contribution is 2.32. The van der Waals surface area contributed by atoms with Crippen LogP contribution in [0.15, 0.2) is 97.1 Å². The predicted molar refractivity (Wildman–Crippen MR) is 149 cm³/mol. The molecule has 1 heterocycles. The van der Waals surface area contributed by atoms with Gasteiger partial charge in [-0.25, -0.2) is 4.79 Å². The summed E-state index contributed by atoms with van der Waals surface area (Å²) < 4.78 is 5.91. The van der Waals surface area contributed by atoms with Crippen LogP contribution in [-0.4, -0.2) is 33.8 Å². The second-order valence-electron chi connectivity index (χ2n) is 9.77. The second-order valence-corrected chi connectivity index (χ2v) is 9.77.